The fourth-order valence-corrected chi connectivity index (χ4v) is 4.69. The van der Waals surface area contributed by atoms with E-state index in [2.05, 4.69) is 55.0 Å². The molecular weight excluding hydrogens is 176 g/mol. The zero-order chi connectivity index (χ0) is 10.9. The van der Waals surface area contributed by atoms with Crippen molar-refractivity contribution in [1.29, 1.82) is 0 Å². The van der Waals surface area contributed by atoms with E-state index in [0.29, 0.717) is 11.1 Å². The zero-order valence-electron chi connectivity index (χ0n) is 10.6. The first-order chi connectivity index (χ1) is 5.59. The van der Waals surface area contributed by atoms with Crippen LogP contribution in [0.4, 0.5) is 0 Å². The van der Waals surface area contributed by atoms with Crippen LogP contribution in [0.1, 0.15) is 48.5 Å². The summed E-state index contributed by atoms with van der Waals surface area (Å²) in [6.45, 7) is 18.0. The third-order valence-electron chi connectivity index (χ3n) is 2.82. The normalized spacial score (nSPS) is 14.3. The van der Waals surface area contributed by atoms with Crippen LogP contribution in [0.3, 0.4) is 0 Å². The molecule has 0 saturated heterocycles. The monoisotopic (exact) mass is 202 g/mol. The lowest BCUT2D eigenvalue weighted by atomic mass is 10.2. The molecule has 0 unspecified atom stereocenters. The summed E-state index contributed by atoms with van der Waals surface area (Å²) in [5.41, 5.74) is 1.38. The third kappa shape index (κ3) is 3.82. The number of hydrogen-bond acceptors (Lipinski definition) is 1. The van der Waals surface area contributed by atoms with Crippen LogP contribution in [0.5, 0.6) is 0 Å². The van der Waals surface area contributed by atoms with Gasteiger partial charge in [0.05, 0.1) is 0 Å². The molecular formula is C11H26OSi. The quantitative estimate of drug-likeness (QED) is 0.623. The van der Waals surface area contributed by atoms with Crippen LogP contribution in [-0.4, -0.2) is 13.9 Å². The highest BCUT2D eigenvalue weighted by Crippen LogP contribution is 2.36. The minimum atomic E-state index is -1.54. The fourth-order valence-electron chi connectivity index (χ4n) is 1.56. The first-order valence-electron chi connectivity index (χ1n) is 5.29. The Labute approximate surface area is 85.0 Å². The van der Waals surface area contributed by atoms with Crippen LogP contribution in [0, 0.1) is 0 Å². The molecule has 0 aromatic heterocycles. The van der Waals surface area contributed by atoms with Gasteiger partial charge >= 0.3 is 0 Å². The van der Waals surface area contributed by atoms with E-state index in [-0.39, 0.29) is 5.60 Å². The molecule has 0 fully saturated rings. The predicted molar refractivity (Wildman–Crippen MR) is 62.7 cm³/mol. The van der Waals surface area contributed by atoms with E-state index in [1.165, 1.54) is 0 Å². The molecule has 0 saturated carbocycles. The van der Waals surface area contributed by atoms with Gasteiger partial charge in [-0.1, -0.05) is 27.7 Å². The van der Waals surface area contributed by atoms with E-state index in [1.807, 2.05) is 0 Å². The first kappa shape index (κ1) is 13.2. The molecule has 0 aliphatic heterocycles. The summed E-state index contributed by atoms with van der Waals surface area (Å²) in [7, 11) is -1.54. The molecule has 1 nitrogen and oxygen atoms in total. The van der Waals surface area contributed by atoms with Gasteiger partial charge in [-0.2, -0.15) is 0 Å². The summed E-state index contributed by atoms with van der Waals surface area (Å²) >= 11 is 0. The molecule has 13 heavy (non-hydrogen) atoms. The second-order valence-corrected chi connectivity index (χ2v) is 10.6. The molecule has 0 aliphatic rings. The summed E-state index contributed by atoms with van der Waals surface area (Å²) < 4.78 is 6.29. The molecule has 0 aromatic rings. The summed E-state index contributed by atoms with van der Waals surface area (Å²) in [5.74, 6) is 0. The van der Waals surface area contributed by atoms with Crippen LogP contribution in [0.2, 0.25) is 17.6 Å². The predicted octanol–water partition coefficient (Wildman–Crippen LogP) is 4.20. The van der Waals surface area contributed by atoms with Gasteiger partial charge in [-0.25, -0.2) is 0 Å². The average Bonchev–Trinajstić information content (AvgIpc) is 1.82. The van der Waals surface area contributed by atoms with Crippen molar-refractivity contribution < 1.29 is 4.43 Å². The van der Waals surface area contributed by atoms with Crippen molar-refractivity contribution in [3.05, 3.63) is 0 Å². The van der Waals surface area contributed by atoms with Crippen molar-refractivity contribution in [3.63, 3.8) is 0 Å². The second kappa shape index (κ2) is 4.14. The van der Waals surface area contributed by atoms with Crippen LogP contribution in [0.15, 0.2) is 0 Å². The van der Waals surface area contributed by atoms with E-state index >= 15 is 0 Å². The maximum absolute atomic E-state index is 6.29. The van der Waals surface area contributed by atoms with Crippen LogP contribution in [-0.2, 0) is 4.43 Å². The molecule has 0 heterocycles. The Morgan fingerprint density at radius 2 is 1.23 bits per heavy atom. The summed E-state index contributed by atoms with van der Waals surface area (Å²) in [4.78, 5) is 0. The lowest BCUT2D eigenvalue weighted by molar-refractivity contribution is 0.112. The second-order valence-electron chi connectivity index (χ2n) is 5.71. The number of rotatable bonds is 3. The topological polar surface area (TPSA) is 9.23 Å². The Kier molecular flexibility index (Phi) is 4.19. The standard InChI is InChI=1S/C11H26OSi/c1-9(2)13(8,10(3)4)12-11(5,6)7/h9-10H,1-8H3. The average molecular weight is 202 g/mol. The van der Waals surface area contributed by atoms with Gasteiger partial charge in [0.2, 0.25) is 0 Å². The Bertz CT molecular complexity index is 148. The van der Waals surface area contributed by atoms with Crippen molar-refractivity contribution in [2.24, 2.45) is 0 Å². The minimum absolute atomic E-state index is 0.00944. The van der Waals surface area contributed by atoms with Crippen molar-refractivity contribution in [1.82, 2.24) is 0 Å². The van der Waals surface area contributed by atoms with Gasteiger partial charge in [-0.3, -0.25) is 0 Å². The largest absolute Gasteiger partial charge is 0.412 e. The van der Waals surface area contributed by atoms with E-state index in [1.54, 1.807) is 0 Å². The van der Waals surface area contributed by atoms with Crippen molar-refractivity contribution in [3.8, 4) is 0 Å². The van der Waals surface area contributed by atoms with Gasteiger partial charge in [0.15, 0.2) is 8.32 Å². The van der Waals surface area contributed by atoms with Gasteiger partial charge in [0.25, 0.3) is 0 Å². The van der Waals surface area contributed by atoms with Crippen LogP contribution < -0.4 is 0 Å². The van der Waals surface area contributed by atoms with Crippen LogP contribution in [0.25, 0.3) is 0 Å². The minimum Gasteiger partial charge on any atom is -0.412 e. The molecule has 0 N–H and O–H groups in total. The molecule has 80 valence electrons. The van der Waals surface area contributed by atoms with Crippen molar-refractivity contribution in [2.45, 2.75) is 71.7 Å². The molecule has 0 atom stereocenters. The van der Waals surface area contributed by atoms with E-state index in [0.717, 1.165) is 0 Å². The van der Waals surface area contributed by atoms with E-state index < -0.39 is 8.32 Å². The Morgan fingerprint density at radius 1 is 0.923 bits per heavy atom. The molecule has 0 amide bonds. The first-order valence-corrected chi connectivity index (χ1v) is 7.86. The summed E-state index contributed by atoms with van der Waals surface area (Å²) in [6.07, 6.45) is 0. The Balaban J connectivity index is 4.62. The molecule has 2 heteroatoms. The lowest BCUT2D eigenvalue weighted by Crippen LogP contribution is -2.46. The SMILES string of the molecule is CC(C)[Si](C)(OC(C)(C)C)C(C)C. The highest BCUT2D eigenvalue weighted by Gasteiger charge is 2.39. The lowest BCUT2D eigenvalue weighted by Gasteiger charge is -2.41. The molecule has 0 spiro atoms. The smallest absolute Gasteiger partial charge is 0.195 e. The van der Waals surface area contributed by atoms with Gasteiger partial charge in [-0.15, -0.1) is 0 Å². The van der Waals surface area contributed by atoms with E-state index in [9.17, 15) is 0 Å². The zero-order valence-corrected chi connectivity index (χ0v) is 11.6. The Hall–Kier alpha value is 0.177. The van der Waals surface area contributed by atoms with Gasteiger partial charge in [0.1, 0.15) is 0 Å². The molecule has 0 radical (unpaired) electrons. The molecule has 0 bridgehead atoms. The maximum atomic E-state index is 6.29. The van der Waals surface area contributed by atoms with Crippen molar-refractivity contribution >= 4 is 8.32 Å². The van der Waals surface area contributed by atoms with Gasteiger partial charge in [-0.05, 0) is 38.4 Å². The Morgan fingerprint density at radius 3 is 1.31 bits per heavy atom. The summed E-state index contributed by atoms with van der Waals surface area (Å²) in [6, 6.07) is 0. The van der Waals surface area contributed by atoms with Crippen LogP contribution >= 0.6 is 0 Å². The molecule has 0 aliphatic carbocycles. The molecule has 0 aromatic carbocycles. The highest BCUT2D eigenvalue weighted by molar-refractivity contribution is 6.75. The fraction of sp³-hybridized carbons (Fsp3) is 1.00. The van der Waals surface area contributed by atoms with Gasteiger partial charge < -0.3 is 4.43 Å². The summed E-state index contributed by atoms with van der Waals surface area (Å²) in [5, 5.41) is 0. The third-order valence-corrected chi connectivity index (χ3v) is 8.46. The number of hydrogen-bond donors (Lipinski definition) is 0. The van der Waals surface area contributed by atoms with Crippen molar-refractivity contribution in [2.75, 3.05) is 0 Å². The maximum Gasteiger partial charge on any atom is 0.195 e. The molecule has 0 rings (SSSR count). The van der Waals surface area contributed by atoms with E-state index in [4.69, 9.17) is 4.43 Å². The van der Waals surface area contributed by atoms with Gasteiger partial charge in [0, 0.05) is 5.60 Å². The highest BCUT2D eigenvalue weighted by atomic mass is 28.4.